The van der Waals surface area contributed by atoms with Crippen LogP contribution < -0.4 is 4.98 Å². The van der Waals surface area contributed by atoms with E-state index in [4.69, 9.17) is 15.7 Å². The first-order chi connectivity index (χ1) is 42.1. The minimum Gasteiger partial charge on any atom is -0.672 e. The van der Waals surface area contributed by atoms with Crippen molar-refractivity contribution in [3.8, 4) is 78.0 Å². The fourth-order valence-corrected chi connectivity index (χ4v) is 14.7. The molecule has 1 aromatic heterocycles. The molecule has 4 heteroatoms. The zero-order valence-corrected chi connectivity index (χ0v) is 51.3. The Balaban J connectivity index is 0.000000329. The summed E-state index contributed by atoms with van der Waals surface area (Å²) in [5.41, 5.74) is 34.9. The van der Waals surface area contributed by atoms with Gasteiger partial charge in [-0.1, -0.05) is 267 Å². The van der Waals surface area contributed by atoms with E-state index >= 15 is 0 Å². The normalized spacial score (nSPS) is 18.4. The molecule has 11 aromatic rings. The topological polar surface area (TPSA) is 50.3 Å². The number of hydrogen-bond donors (Lipinski definition) is 0. The van der Waals surface area contributed by atoms with E-state index in [0.29, 0.717) is 0 Å². The second kappa shape index (κ2) is 26.0. The van der Waals surface area contributed by atoms with Gasteiger partial charge in [-0.3, -0.25) is 0 Å². The molecular formula is C83H73FeN3. The van der Waals surface area contributed by atoms with Crippen LogP contribution in [0, 0.1) is 45.4 Å². The molecule has 0 unspecified atom stereocenters. The van der Waals surface area contributed by atoms with Crippen molar-refractivity contribution in [2.24, 2.45) is 22.7 Å². The van der Waals surface area contributed by atoms with Crippen LogP contribution in [-0.4, -0.2) is 11.3 Å². The Morgan fingerprint density at radius 3 is 1.10 bits per heavy atom. The zero-order valence-electron chi connectivity index (χ0n) is 50.2. The van der Waals surface area contributed by atoms with Crippen molar-refractivity contribution in [3.05, 3.63) is 324 Å². The molecule has 5 aliphatic rings. The molecule has 4 fully saturated rings. The third-order valence-corrected chi connectivity index (χ3v) is 18.0. The molecule has 3 nitrogen and oxygen atoms in total. The second-order valence-corrected chi connectivity index (χ2v) is 24.5. The fourth-order valence-electron chi connectivity index (χ4n) is 14.7. The maximum Gasteiger partial charge on any atom is 2.00 e. The number of rotatable bonds is 10. The monoisotopic (exact) mass is 1170 g/mol. The molecule has 87 heavy (non-hydrogen) atoms. The van der Waals surface area contributed by atoms with Crippen LogP contribution in [-0.2, 0) is 17.1 Å². The second-order valence-electron chi connectivity index (χ2n) is 24.5. The summed E-state index contributed by atoms with van der Waals surface area (Å²) in [6, 6.07) is 92.9. The standard InChI is InChI=1S/C66H49N2.C10H16N.C7H8.Fe/c1-44-38-45(2)63(46(3)39-44)66(61-36-34-59(67-61)64-55(49-26-14-6-15-27-49)40-53(47-22-10-4-11-23-47)41-56(64)50-28-16-7-17-29-50)62-37-35-60(68-62)65-57(51-30-18-8-19-31-51)42-54(48-24-12-5-13-25-48)43-58(65)52-32-20-9-21-33-52;11-10-4-7-1-8(5-10)3-9(2-7)6-10;1-7-5-3-2-4-6-7;/h4-43H,1-3H3;7-9,11H,1-6H2;2-6H,1H3;/q2*-1;;+2/b66-61+;;;. The van der Waals surface area contributed by atoms with Crippen molar-refractivity contribution in [1.82, 2.24) is 4.98 Å². The van der Waals surface area contributed by atoms with Crippen LogP contribution in [0.4, 0.5) is 0 Å². The van der Waals surface area contributed by atoms with Gasteiger partial charge in [-0.25, -0.2) is 4.99 Å². The summed E-state index contributed by atoms with van der Waals surface area (Å²) in [5.74, 6) is 2.87. The average molecular weight is 1170 g/mol. The van der Waals surface area contributed by atoms with E-state index < -0.39 is 0 Å². The molecule has 0 radical (unpaired) electrons. The molecule has 1 aliphatic heterocycles. The summed E-state index contributed by atoms with van der Waals surface area (Å²) in [6.45, 7) is 8.69. The number of allylic oxidation sites excluding steroid dienone is 2. The van der Waals surface area contributed by atoms with Gasteiger partial charge in [0.1, 0.15) is 0 Å². The van der Waals surface area contributed by atoms with E-state index in [1.807, 2.05) is 18.2 Å². The Bertz CT molecular complexity index is 4080. The fraction of sp³-hybridized carbons (Fsp3) is 0.169. The number of nitrogens with zero attached hydrogens (tertiary/aromatic N) is 2. The van der Waals surface area contributed by atoms with Gasteiger partial charge in [0.05, 0.1) is 11.4 Å². The largest absolute Gasteiger partial charge is 2.00 e. The van der Waals surface area contributed by atoms with E-state index in [2.05, 4.69) is 283 Å². The zero-order chi connectivity index (χ0) is 58.6. The third kappa shape index (κ3) is 12.8. The Labute approximate surface area is 526 Å². The molecule has 16 rings (SSSR count). The molecular weight excluding hydrogens is 1090 g/mol. The smallest absolute Gasteiger partial charge is 0.672 e. The first-order valence-corrected chi connectivity index (χ1v) is 30.8. The van der Waals surface area contributed by atoms with Crippen LogP contribution in [0.2, 0.25) is 0 Å². The molecule has 428 valence electrons. The van der Waals surface area contributed by atoms with Crippen molar-refractivity contribution in [1.29, 1.82) is 0 Å². The SMILES string of the molecule is Cc1cc(C)c(/C(=C2\C=CC(c3c(-c4ccccc4)cc(-c4ccccc4)cc3-c3ccccc3)=N2)c2ccc(-c3c(-c4ccccc4)cc(-c4ccccc4)cc3-c3ccccc3)[n-]2)c(C)c1.Cc1ccccc1.[Fe+2].[NH-]C12CC3CC(CC(C3)C1)C2. The van der Waals surface area contributed by atoms with Crippen LogP contribution >= 0.6 is 0 Å². The van der Waals surface area contributed by atoms with Crippen molar-refractivity contribution in [3.63, 3.8) is 0 Å². The number of benzene rings is 10. The summed E-state index contributed by atoms with van der Waals surface area (Å²) >= 11 is 0. The van der Waals surface area contributed by atoms with E-state index in [1.165, 1.54) is 71.9 Å². The number of nitrogens with one attached hydrogen (secondary N) is 1. The van der Waals surface area contributed by atoms with Gasteiger partial charge in [-0.15, -0.1) is 16.9 Å². The van der Waals surface area contributed by atoms with Gasteiger partial charge >= 0.3 is 17.1 Å². The Kier molecular flexibility index (Phi) is 17.5. The summed E-state index contributed by atoms with van der Waals surface area (Å²) in [7, 11) is 0. The summed E-state index contributed by atoms with van der Waals surface area (Å²) < 4.78 is 0. The first-order valence-electron chi connectivity index (χ1n) is 30.8. The molecule has 2 heterocycles. The molecule has 4 bridgehead atoms. The minimum absolute atomic E-state index is 0. The van der Waals surface area contributed by atoms with E-state index in [1.54, 1.807) is 0 Å². The molecule has 0 spiro atoms. The predicted octanol–water partition coefficient (Wildman–Crippen LogP) is 22.1. The van der Waals surface area contributed by atoms with Crippen molar-refractivity contribution < 1.29 is 17.1 Å². The number of aliphatic imine (C=N–C) groups is 1. The van der Waals surface area contributed by atoms with Crippen LogP contribution in [0.3, 0.4) is 0 Å². The van der Waals surface area contributed by atoms with Crippen LogP contribution in [0.5, 0.6) is 0 Å². The first kappa shape index (κ1) is 58.5. The summed E-state index contributed by atoms with van der Waals surface area (Å²) in [6.07, 6.45) is 12.5. The number of aryl methyl sites for hydroxylation is 4. The van der Waals surface area contributed by atoms with E-state index in [0.717, 1.165) is 118 Å². The van der Waals surface area contributed by atoms with Gasteiger partial charge in [0, 0.05) is 5.56 Å². The van der Waals surface area contributed by atoms with Gasteiger partial charge < -0.3 is 10.7 Å². The van der Waals surface area contributed by atoms with Crippen LogP contribution in [0.15, 0.2) is 284 Å². The van der Waals surface area contributed by atoms with E-state index in [9.17, 15) is 0 Å². The Morgan fingerprint density at radius 1 is 0.391 bits per heavy atom. The quantitative estimate of drug-likeness (QED) is 0.126. The molecule has 4 aliphatic carbocycles. The van der Waals surface area contributed by atoms with Crippen LogP contribution in [0.1, 0.15) is 77.6 Å². The number of aromatic nitrogens is 1. The predicted molar refractivity (Wildman–Crippen MR) is 363 cm³/mol. The Morgan fingerprint density at radius 2 is 0.747 bits per heavy atom. The van der Waals surface area contributed by atoms with Gasteiger partial charge in [-0.2, -0.15) is 0 Å². The van der Waals surface area contributed by atoms with Gasteiger partial charge in [0.25, 0.3) is 0 Å². The molecule has 4 saturated carbocycles. The van der Waals surface area contributed by atoms with Gasteiger partial charge in [-0.05, 0) is 196 Å². The molecule has 1 N–H and O–H groups in total. The van der Waals surface area contributed by atoms with Crippen molar-refractivity contribution >= 4 is 11.3 Å². The third-order valence-electron chi connectivity index (χ3n) is 18.0. The molecule has 0 atom stereocenters. The van der Waals surface area contributed by atoms with E-state index in [-0.39, 0.29) is 22.6 Å². The number of hydrogen-bond acceptors (Lipinski definition) is 1. The summed E-state index contributed by atoms with van der Waals surface area (Å²) in [5, 5.41) is 0. The van der Waals surface area contributed by atoms with Crippen molar-refractivity contribution in [2.45, 2.75) is 71.8 Å². The maximum absolute atomic E-state index is 8.21. The summed E-state index contributed by atoms with van der Waals surface area (Å²) in [4.78, 5) is 11.4. The average Bonchev–Trinajstić information content (AvgIpc) is 2.35. The maximum atomic E-state index is 8.21. The molecule has 0 saturated heterocycles. The molecule has 0 amide bonds. The minimum atomic E-state index is 0. The van der Waals surface area contributed by atoms with Crippen molar-refractivity contribution in [2.75, 3.05) is 0 Å². The van der Waals surface area contributed by atoms with Crippen LogP contribution in [0.25, 0.3) is 89.3 Å². The Hall–Kier alpha value is -8.89. The van der Waals surface area contributed by atoms with Gasteiger partial charge in [0.15, 0.2) is 0 Å². The van der Waals surface area contributed by atoms with Gasteiger partial charge in [0.2, 0.25) is 0 Å². The molecule has 10 aromatic carbocycles.